The first kappa shape index (κ1) is 13.0. The van der Waals surface area contributed by atoms with Gasteiger partial charge in [0.1, 0.15) is 5.82 Å². The Kier molecular flexibility index (Phi) is 4.99. The maximum absolute atomic E-state index is 11.3. The van der Waals surface area contributed by atoms with Crippen molar-refractivity contribution in [1.29, 1.82) is 0 Å². The molecule has 4 N–H and O–H groups in total. The molecule has 17 heavy (non-hydrogen) atoms. The summed E-state index contributed by atoms with van der Waals surface area (Å²) in [7, 11) is 0. The first-order valence-electron chi connectivity index (χ1n) is 5.36. The highest BCUT2D eigenvalue weighted by molar-refractivity contribution is 5.75. The molecule has 7 heteroatoms. The monoisotopic (exact) mass is 240 g/mol. The van der Waals surface area contributed by atoms with Gasteiger partial charge in [-0.2, -0.15) is 0 Å². The Labute approximate surface area is 98.6 Å². The lowest BCUT2D eigenvalue weighted by Gasteiger charge is -2.11. The Morgan fingerprint density at radius 2 is 2.29 bits per heavy atom. The first-order chi connectivity index (χ1) is 8.13. The largest absolute Gasteiger partial charge is 0.481 e. The molecular weight excluding hydrogens is 224 g/mol. The maximum Gasteiger partial charge on any atom is 0.315 e. The minimum atomic E-state index is -0.904. The number of hydrogen-bond donors (Lipinski definition) is 4. The van der Waals surface area contributed by atoms with Crippen molar-refractivity contribution in [2.75, 3.05) is 6.54 Å². The number of nitrogens with zero attached hydrogens (tertiary/aromatic N) is 1. The highest BCUT2D eigenvalue weighted by Crippen LogP contribution is 1.99. The van der Waals surface area contributed by atoms with Gasteiger partial charge in [0.05, 0.1) is 12.5 Å². The van der Waals surface area contributed by atoms with E-state index in [2.05, 4.69) is 20.6 Å². The average Bonchev–Trinajstić information content (AvgIpc) is 2.79. The van der Waals surface area contributed by atoms with Gasteiger partial charge in [0.15, 0.2) is 0 Å². The van der Waals surface area contributed by atoms with Crippen molar-refractivity contribution in [3.8, 4) is 0 Å². The summed E-state index contributed by atoms with van der Waals surface area (Å²) in [5.41, 5.74) is 0. The van der Waals surface area contributed by atoms with Gasteiger partial charge in [-0.05, 0) is 6.42 Å². The smallest absolute Gasteiger partial charge is 0.315 e. The lowest BCUT2D eigenvalue weighted by atomic mass is 10.1. The minimum Gasteiger partial charge on any atom is -0.481 e. The molecule has 0 aromatic carbocycles. The van der Waals surface area contributed by atoms with Gasteiger partial charge < -0.3 is 20.7 Å². The van der Waals surface area contributed by atoms with Gasteiger partial charge in [-0.1, -0.05) is 6.92 Å². The van der Waals surface area contributed by atoms with E-state index in [4.69, 9.17) is 5.11 Å². The Morgan fingerprint density at radius 3 is 2.82 bits per heavy atom. The molecule has 0 spiro atoms. The summed E-state index contributed by atoms with van der Waals surface area (Å²) in [5, 5.41) is 13.9. The number of rotatable bonds is 6. The van der Waals surface area contributed by atoms with Gasteiger partial charge >= 0.3 is 12.0 Å². The van der Waals surface area contributed by atoms with Crippen LogP contribution in [0.3, 0.4) is 0 Å². The molecule has 1 heterocycles. The van der Waals surface area contributed by atoms with E-state index in [9.17, 15) is 9.59 Å². The van der Waals surface area contributed by atoms with Gasteiger partial charge in [0.2, 0.25) is 0 Å². The zero-order valence-corrected chi connectivity index (χ0v) is 9.56. The average molecular weight is 240 g/mol. The van der Waals surface area contributed by atoms with Crippen LogP contribution in [0.4, 0.5) is 4.79 Å². The number of amides is 2. The third-order valence-corrected chi connectivity index (χ3v) is 2.32. The summed E-state index contributed by atoms with van der Waals surface area (Å²) in [4.78, 5) is 28.8. The zero-order valence-electron chi connectivity index (χ0n) is 9.56. The summed E-state index contributed by atoms with van der Waals surface area (Å²) in [6.07, 6.45) is 3.73. The van der Waals surface area contributed by atoms with E-state index < -0.39 is 17.9 Å². The third kappa shape index (κ3) is 4.54. The van der Waals surface area contributed by atoms with E-state index >= 15 is 0 Å². The van der Waals surface area contributed by atoms with Gasteiger partial charge in [-0.3, -0.25) is 4.79 Å². The van der Waals surface area contributed by atoms with Crippen molar-refractivity contribution in [2.45, 2.75) is 19.9 Å². The zero-order chi connectivity index (χ0) is 12.7. The number of hydrogen-bond acceptors (Lipinski definition) is 3. The fraction of sp³-hybridized carbons (Fsp3) is 0.500. The van der Waals surface area contributed by atoms with Crippen LogP contribution in [-0.4, -0.2) is 33.6 Å². The van der Waals surface area contributed by atoms with Crippen LogP contribution >= 0.6 is 0 Å². The lowest BCUT2D eigenvalue weighted by Crippen LogP contribution is -2.39. The second-order valence-corrected chi connectivity index (χ2v) is 3.54. The molecule has 1 aromatic rings. The van der Waals surface area contributed by atoms with Crippen LogP contribution in [-0.2, 0) is 11.3 Å². The van der Waals surface area contributed by atoms with Crippen molar-refractivity contribution >= 4 is 12.0 Å². The topological polar surface area (TPSA) is 107 Å². The fourth-order valence-corrected chi connectivity index (χ4v) is 1.24. The molecule has 1 unspecified atom stereocenters. The van der Waals surface area contributed by atoms with Crippen molar-refractivity contribution < 1.29 is 14.7 Å². The molecule has 1 rings (SSSR count). The number of carbonyl (C=O) groups is 2. The number of urea groups is 1. The molecule has 94 valence electrons. The molecule has 0 aliphatic carbocycles. The standard InChI is InChI=1S/C10H16N4O3/c1-2-7(9(15)16)5-13-10(17)14-6-8-11-3-4-12-8/h3-4,7H,2,5-6H2,1H3,(H,11,12)(H,15,16)(H2,13,14,17). The normalized spacial score (nSPS) is 11.8. The molecule has 2 amide bonds. The van der Waals surface area contributed by atoms with Crippen LogP contribution in [0.5, 0.6) is 0 Å². The highest BCUT2D eigenvalue weighted by atomic mass is 16.4. The highest BCUT2D eigenvalue weighted by Gasteiger charge is 2.15. The van der Waals surface area contributed by atoms with E-state index in [0.717, 1.165) is 0 Å². The number of nitrogens with one attached hydrogen (secondary N) is 3. The number of H-pyrrole nitrogens is 1. The van der Waals surface area contributed by atoms with E-state index in [1.807, 2.05) is 0 Å². The lowest BCUT2D eigenvalue weighted by molar-refractivity contribution is -0.141. The number of aromatic nitrogens is 2. The molecule has 7 nitrogen and oxygen atoms in total. The van der Waals surface area contributed by atoms with E-state index in [0.29, 0.717) is 12.2 Å². The number of carboxylic acid groups (broad SMARTS) is 1. The number of imidazole rings is 1. The Morgan fingerprint density at radius 1 is 1.53 bits per heavy atom. The minimum absolute atomic E-state index is 0.121. The molecule has 0 aliphatic heterocycles. The summed E-state index contributed by atoms with van der Waals surface area (Å²) >= 11 is 0. The molecule has 0 saturated heterocycles. The van der Waals surface area contributed by atoms with Crippen LogP contribution in [0, 0.1) is 5.92 Å². The van der Waals surface area contributed by atoms with Crippen molar-refractivity contribution in [1.82, 2.24) is 20.6 Å². The number of aliphatic carboxylic acids is 1. The number of carbonyl (C=O) groups excluding carboxylic acids is 1. The molecule has 1 aromatic heterocycles. The summed E-state index contributed by atoms with van der Waals surface area (Å²) in [6.45, 7) is 2.17. The molecule has 0 bridgehead atoms. The SMILES string of the molecule is CCC(CNC(=O)NCc1ncc[nH]1)C(=O)O. The molecule has 0 radical (unpaired) electrons. The van der Waals surface area contributed by atoms with Crippen molar-refractivity contribution in [2.24, 2.45) is 5.92 Å². The Bertz CT molecular complexity index is 364. The van der Waals surface area contributed by atoms with E-state index in [-0.39, 0.29) is 13.1 Å². The molecule has 0 aliphatic rings. The van der Waals surface area contributed by atoms with Crippen molar-refractivity contribution in [3.05, 3.63) is 18.2 Å². The Hall–Kier alpha value is -2.05. The van der Waals surface area contributed by atoms with Crippen LogP contribution in [0.1, 0.15) is 19.2 Å². The summed E-state index contributed by atoms with van der Waals surface area (Å²) in [5.74, 6) is -0.811. The van der Waals surface area contributed by atoms with Gasteiger partial charge in [-0.15, -0.1) is 0 Å². The number of aromatic amines is 1. The van der Waals surface area contributed by atoms with E-state index in [1.54, 1.807) is 19.3 Å². The quantitative estimate of drug-likeness (QED) is 0.574. The van der Waals surface area contributed by atoms with Crippen LogP contribution < -0.4 is 10.6 Å². The first-order valence-corrected chi connectivity index (χ1v) is 5.36. The predicted molar refractivity (Wildman–Crippen MR) is 60.2 cm³/mol. The second-order valence-electron chi connectivity index (χ2n) is 3.54. The van der Waals surface area contributed by atoms with Crippen LogP contribution in [0.15, 0.2) is 12.4 Å². The molecular formula is C10H16N4O3. The summed E-state index contributed by atoms with van der Waals surface area (Å²) < 4.78 is 0. The van der Waals surface area contributed by atoms with Crippen LogP contribution in [0.25, 0.3) is 0 Å². The second kappa shape index (κ2) is 6.51. The maximum atomic E-state index is 11.3. The molecule has 1 atom stereocenters. The van der Waals surface area contributed by atoms with Crippen LogP contribution in [0.2, 0.25) is 0 Å². The third-order valence-electron chi connectivity index (χ3n) is 2.32. The van der Waals surface area contributed by atoms with Gasteiger partial charge in [0.25, 0.3) is 0 Å². The number of carboxylic acids is 1. The molecule has 0 fully saturated rings. The fourth-order valence-electron chi connectivity index (χ4n) is 1.24. The predicted octanol–water partition coefficient (Wildman–Crippen LogP) is 0.320. The molecule has 0 saturated carbocycles. The summed E-state index contributed by atoms with van der Waals surface area (Å²) in [6, 6.07) is -0.402. The Balaban J connectivity index is 2.23. The van der Waals surface area contributed by atoms with E-state index in [1.165, 1.54) is 0 Å². The van der Waals surface area contributed by atoms with Gasteiger partial charge in [0, 0.05) is 18.9 Å². The van der Waals surface area contributed by atoms with Crippen molar-refractivity contribution in [3.63, 3.8) is 0 Å². The van der Waals surface area contributed by atoms with Gasteiger partial charge in [-0.25, -0.2) is 9.78 Å².